The Morgan fingerprint density at radius 1 is 1.19 bits per heavy atom. The summed E-state index contributed by atoms with van der Waals surface area (Å²) < 4.78 is 8.86. The van der Waals surface area contributed by atoms with Crippen molar-refractivity contribution >= 4 is 27.5 Å². The van der Waals surface area contributed by atoms with Crippen molar-refractivity contribution < 1.29 is 9.53 Å². The average molecular weight is 369 g/mol. The van der Waals surface area contributed by atoms with Gasteiger partial charge in [-0.05, 0) is 43.2 Å². The van der Waals surface area contributed by atoms with Gasteiger partial charge < -0.3 is 9.30 Å². The number of hydrogen-bond donors (Lipinski definition) is 0. The molecule has 0 saturated heterocycles. The number of aryl methyl sites for hydroxylation is 2. The van der Waals surface area contributed by atoms with Gasteiger partial charge in [0.15, 0.2) is 4.80 Å². The first-order chi connectivity index (χ1) is 12.6. The number of rotatable bonds is 6. The summed E-state index contributed by atoms with van der Waals surface area (Å²) in [5.74, 6) is 0.475. The third-order valence-electron chi connectivity index (χ3n) is 4.32. The van der Waals surface area contributed by atoms with E-state index in [2.05, 4.69) is 31.0 Å². The van der Waals surface area contributed by atoms with Gasteiger partial charge in [-0.3, -0.25) is 4.79 Å². The summed E-state index contributed by atoms with van der Waals surface area (Å²) >= 11 is 1.53. The molecule has 3 rings (SSSR count). The predicted molar refractivity (Wildman–Crippen MR) is 107 cm³/mol. The van der Waals surface area contributed by atoms with E-state index < -0.39 is 0 Å². The molecule has 1 aromatic heterocycles. The first-order valence-corrected chi connectivity index (χ1v) is 9.79. The summed E-state index contributed by atoms with van der Waals surface area (Å²) in [6.45, 7) is 4.91. The van der Waals surface area contributed by atoms with Gasteiger partial charge in [0.2, 0.25) is 0 Å². The lowest BCUT2D eigenvalue weighted by molar-refractivity contribution is 0.0997. The minimum absolute atomic E-state index is 0.246. The molecule has 0 unspecified atom stereocenters. The monoisotopic (exact) mass is 368 g/mol. The van der Waals surface area contributed by atoms with Crippen LogP contribution < -0.4 is 9.54 Å². The zero-order valence-corrected chi connectivity index (χ0v) is 16.3. The molecular weight excluding hydrogens is 344 g/mol. The van der Waals surface area contributed by atoms with Crippen LogP contribution in [0.1, 0.15) is 42.1 Å². The Balaban J connectivity index is 1.85. The Kier molecular flexibility index (Phi) is 5.89. The van der Waals surface area contributed by atoms with E-state index in [4.69, 9.17) is 4.74 Å². The van der Waals surface area contributed by atoms with Crippen molar-refractivity contribution in [2.75, 3.05) is 6.61 Å². The van der Waals surface area contributed by atoms with Crippen molar-refractivity contribution in [2.24, 2.45) is 12.0 Å². The standard InChI is InChI=1S/C21H24N2O2S/c1-4-5-6-13-25-17-11-8-10-16(14-17)20(24)22-21-23(3)19-15(2)9-7-12-18(19)26-21/h7-12,14H,4-6,13H2,1-3H3. The topological polar surface area (TPSA) is 43.6 Å². The fourth-order valence-corrected chi connectivity index (χ4v) is 4.01. The van der Waals surface area contributed by atoms with Gasteiger partial charge in [0, 0.05) is 12.6 Å². The Morgan fingerprint density at radius 2 is 2.00 bits per heavy atom. The lowest BCUT2D eigenvalue weighted by Crippen LogP contribution is -2.13. The molecule has 0 N–H and O–H groups in total. The molecule has 5 heteroatoms. The number of amides is 1. The Labute approximate surface area is 157 Å². The number of carbonyl (C=O) groups is 1. The van der Waals surface area contributed by atoms with E-state index in [9.17, 15) is 4.79 Å². The van der Waals surface area contributed by atoms with Crippen LogP contribution >= 0.6 is 11.3 Å². The minimum Gasteiger partial charge on any atom is -0.494 e. The van der Waals surface area contributed by atoms with Gasteiger partial charge in [-0.15, -0.1) is 0 Å². The van der Waals surface area contributed by atoms with Gasteiger partial charge in [0.25, 0.3) is 5.91 Å². The minimum atomic E-state index is -0.246. The highest BCUT2D eigenvalue weighted by Gasteiger charge is 2.09. The fraction of sp³-hybridized carbons (Fsp3) is 0.333. The van der Waals surface area contributed by atoms with E-state index in [1.54, 1.807) is 12.1 Å². The van der Waals surface area contributed by atoms with Gasteiger partial charge in [0.05, 0.1) is 16.8 Å². The second kappa shape index (κ2) is 8.32. The summed E-state index contributed by atoms with van der Waals surface area (Å²) in [6, 6.07) is 13.4. The lowest BCUT2D eigenvalue weighted by Gasteiger charge is -2.06. The molecule has 136 valence electrons. The van der Waals surface area contributed by atoms with E-state index in [0.717, 1.165) is 35.2 Å². The molecule has 3 aromatic rings. The van der Waals surface area contributed by atoms with Gasteiger partial charge in [-0.2, -0.15) is 4.99 Å². The number of aromatic nitrogens is 1. The molecule has 0 bridgehead atoms. The summed E-state index contributed by atoms with van der Waals surface area (Å²) in [4.78, 5) is 17.7. The molecule has 0 radical (unpaired) electrons. The maximum Gasteiger partial charge on any atom is 0.279 e. The van der Waals surface area contributed by atoms with Gasteiger partial charge in [-0.25, -0.2) is 0 Å². The Morgan fingerprint density at radius 3 is 2.77 bits per heavy atom. The van der Waals surface area contributed by atoms with Crippen LogP contribution in [0, 0.1) is 6.92 Å². The first kappa shape index (κ1) is 18.4. The van der Waals surface area contributed by atoms with Crippen LogP contribution in [0.5, 0.6) is 5.75 Å². The van der Waals surface area contributed by atoms with Crippen molar-refractivity contribution in [3.8, 4) is 5.75 Å². The first-order valence-electron chi connectivity index (χ1n) is 8.97. The zero-order valence-electron chi connectivity index (χ0n) is 15.5. The van der Waals surface area contributed by atoms with Gasteiger partial charge >= 0.3 is 0 Å². The van der Waals surface area contributed by atoms with E-state index >= 15 is 0 Å². The van der Waals surface area contributed by atoms with Crippen LogP contribution in [0.2, 0.25) is 0 Å². The molecule has 0 saturated carbocycles. The van der Waals surface area contributed by atoms with Crippen LogP contribution in [0.25, 0.3) is 10.2 Å². The maximum absolute atomic E-state index is 12.6. The fourth-order valence-electron chi connectivity index (χ4n) is 2.92. The molecule has 0 aliphatic heterocycles. The highest BCUT2D eigenvalue weighted by Crippen LogP contribution is 2.20. The number of nitrogens with zero attached hydrogens (tertiary/aromatic N) is 2. The maximum atomic E-state index is 12.6. The van der Waals surface area contributed by atoms with Crippen LogP contribution in [0.3, 0.4) is 0 Å². The van der Waals surface area contributed by atoms with Crippen molar-refractivity contribution in [1.29, 1.82) is 0 Å². The third kappa shape index (κ3) is 4.05. The molecule has 2 aromatic carbocycles. The molecular formula is C21H24N2O2S. The molecule has 4 nitrogen and oxygen atoms in total. The van der Waals surface area contributed by atoms with Gasteiger partial charge in [0.1, 0.15) is 5.75 Å². The van der Waals surface area contributed by atoms with Crippen molar-refractivity contribution in [1.82, 2.24) is 4.57 Å². The largest absolute Gasteiger partial charge is 0.494 e. The molecule has 1 heterocycles. The van der Waals surface area contributed by atoms with Crippen LogP contribution in [-0.2, 0) is 7.05 Å². The number of fused-ring (bicyclic) bond motifs is 1. The molecule has 26 heavy (non-hydrogen) atoms. The number of ether oxygens (including phenoxy) is 1. The highest BCUT2D eigenvalue weighted by atomic mass is 32.1. The molecule has 0 atom stereocenters. The Bertz CT molecular complexity index is 985. The van der Waals surface area contributed by atoms with E-state index in [1.807, 2.05) is 29.8 Å². The number of hydrogen-bond acceptors (Lipinski definition) is 3. The Hall–Kier alpha value is -2.40. The van der Waals surface area contributed by atoms with Crippen LogP contribution in [0.15, 0.2) is 47.5 Å². The number of thiazole rings is 1. The van der Waals surface area contributed by atoms with E-state index in [1.165, 1.54) is 16.9 Å². The SMILES string of the molecule is CCCCCOc1cccc(C(=O)N=c2sc3cccc(C)c3n2C)c1. The number of unbranched alkanes of at least 4 members (excludes halogenated alkanes) is 2. The van der Waals surface area contributed by atoms with E-state index in [0.29, 0.717) is 17.0 Å². The van der Waals surface area contributed by atoms with Crippen LogP contribution in [-0.4, -0.2) is 17.1 Å². The van der Waals surface area contributed by atoms with E-state index in [-0.39, 0.29) is 5.91 Å². The quantitative estimate of drug-likeness (QED) is 0.583. The predicted octanol–water partition coefficient (Wildman–Crippen LogP) is 4.86. The van der Waals surface area contributed by atoms with Crippen molar-refractivity contribution in [3.63, 3.8) is 0 Å². The number of carbonyl (C=O) groups excluding carboxylic acids is 1. The average Bonchev–Trinajstić information content (AvgIpc) is 2.96. The smallest absolute Gasteiger partial charge is 0.279 e. The number of para-hydroxylation sites is 1. The van der Waals surface area contributed by atoms with Crippen LogP contribution in [0.4, 0.5) is 0 Å². The molecule has 0 aliphatic rings. The van der Waals surface area contributed by atoms with Gasteiger partial charge in [-0.1, -0.05) is 49.3 Å². The summed E-state index contributed by atoms with van der Waals surface area (Å²) in [6.07, 6.45) is 3.33. The van der Waals surface area contributed by atoms with Crippen molar-refractivity contribution in [3.05, 3.63) is 58.4 Å². The number of benzene rings is 2. The second-order valence-corrected chi connectivity index (χ2v) is 7.37. The molecule has 0 aliphatic carbocycles. The van der Waals surface area contributed by atoms with Crippen molar-refractivity contribution in [2.45, 2.75) is 33.1 Å². The zero-order chi connectivity index (χ0) is 18.5. The summed E-state index contributed by atoms with van der Waals surface area (Å²) in [5, 5.41) is 0. The lowest BCUT2D eigenvalue weighted by atomic mass is 10.2. The molecule has 1 amide bonds. The molecule has 0 fully saturated rings. The molecule has 0 spiro atoms. The second-order valence-electron chi connectivity index (χ2n) is 6.37. The normalized spacial score (nSPS) is 11.9. The third-order valence-corrected chi connectivity index (χ3v) is 5.42. The summed E-state index contributed by atoms with van der Waals surface area (Å²) in [5.41, 5.74) is 2.85. The highest BCUT2D eigenvalue weighted by molar-refractivity contribution is 7.16. The summed E-state index contributed by atoms with van der Waals surface area (Å²) in [7, 11) is 1.95.